The van der Waals surface area contributed by atoms with Gasteiger partial charge in [0.05, 0.1) is 19.1 Å². The van der Waals surface area contributed by atoms with E-state index in [0.717, 1.165) is 10.5 Å². The predicted molar refractivity (Wildman–Crippen MR) is 102 cm³/mol. The number of hydrogen-bond acceptors (Lipinski definition) is 6. The smallest absolute Gasteiger partial charge is 0.343 e. The maximum absolute atomic E-state index is 11.8. The predicted octanol–water partition coefficient (Wildman–Crippen LogP) is 3.13. The Morgan fingerprint density at radius 2 is 2.00 bits per heavy atom. The molecule has 2 aromatic carbocycles. The molecular weight excluding hydrogens is 376 g/mol. The SMILES string of the molecule is COC(=O)COc1cccc(C=NNC(=O)CSc2ccc(Cl)cc2)c1. The van der Waals surface area contributed by atoms with Gasteiger partial charge in [0, 0.05) is 9.92 Å². The standard InChI is InChI=1S/C18H17ClN2O4S/c1-24-18(23)11-25-15-4-2-3-13(9-15)10-20-21-17(22)12-26-16-7-5-14(19)6-8-16/h2-10H,11-12H2,1H3,(H,21,22). The lowest BCUT2D eigenvalue weighted by molar-refractivity contribution is -0.142. The monoisotopic (exact) mass is 392 g/mol. The number of halogens is 1. The first-order valence-electron chi connectivity index (χ1n) is 7.57. The highest BCUT2D eigenvalue weighted by Crippen LogP contribution is 2.19. The zero-order valence-electron chi connectivity index (χ0n) is 14.0. The van der Waals surface area contributed by atoms with Crippen LogP contribution in [0.25, 0.3) is 0 Å². The van der Waals surface area contributed by atoms with Gasteiger partial charge in [-0.2, -0.15) is 5.10 Å². The van der Waals surface area contributed by atoms with Crippen LogP contribution in [0.15, 0.2) is 58.5 Å². The number of nitrogens with one attached hydrogen (secondary N) is 1. The second-order valence-electron chi connectivity index (χ2n) is 4.97. The fourth-order valence-corrected chi connectivity index (χ4v) is 2.59. The number of carbonyl (C=O) groups is 2. The average Bonchev–Trinajstić information content (AvgIpc) is 2.66. The van der Waals surface area contributed by atoms with E-state index in [-0.39, 0.29) is 18.3 Å². The van der Waals surface area contributed by atoms with Crippen LogP contribution >= 0.6 is 23.4 Å². The van der Waals surface area contributed by atoms with Crippen LogP contribution < -0.4 is 10.2 Å². The van der Waals surface area contributed by atoms with Gasteiger partial charge in [0.2, 0.25) is 5.91 Å². The van der Waals surface area contributed by atoms with Crippen molar-refractivity contribution in [1.29, 1.82) is 0 Å². The fraction of sp³-hybridized carbons (Fsp3) is 0.167. The van der Waals surface area contributed by atoms with Gasteiger partial charge in [-0.25, -0.2) is 10.2 Å². The minimum atomic E-state index is -0.463. The third kappa shape index (κ3) is 7.16. The van der Waals surface area contributed by atoms with Crippen LogP contribution in [0.1, 0.15) is 5.56 Å². The number of thioether (sulfide) groups is 1. The zero-order valence-corrected chi connectivity index (χ0v) is 15.5. The van der Waals surface area contributed by atoms with E-state index in [4.69, 9.17) is 16.3 Å². The molecule has 0 saturated heterocycles. The largest absolute Gasteiger partial charge is 0.482 e. The molecule has 0 fully saturated rings. The number of amides is 1. The summed E-state index contributed by atoms with van der Waals surface area (Å²) in [7, 11) is 1.29. The lowest BCUT2D eigenvalue weighted by Gasteiger charge is -2.05. The van der Waals surface area contributed by atoms with Gasteiger partial charge in [0.1, 0.15) is 5.75 Å². The van der Waals surface area contributed by atoms with Crippen molar-refractivity contribution in [2.45, 2.75) is 4.90 Å². The van der Waals surface area contributed by atoms with Gasteiger partial charge >= 0.3 is 5.97 Å². The van der Waals surface area contributed by atoms with Crippen LogP contribution in [0.4, 0.5) is 0 Å². The van der Waals surface area contributed by atoms with Crippen molar-refractivity contribution < 1.29 is 19.1 Å². The molecule has 6 nitrogen and oxygen atoms in total. The molecule has 2 aromatic rings. The number of ether oxygens (including phenoxy) is 2. The molecule has 0 aliphatic rings. The Labute approximate surface area is 160 Å². The molecule has 0 aliphatic heterocycles. The van der Waals surface area contributed by atoms with Crippen LogP contribution in [-0.4, -0.2) is 37.6 Å². The lowest BCUT2D eigenvalue weighted by Crippen LogP contribution is -2.19. The molecule has 0 atom stereocenters. The third-order valence-corrected chi connectivity index (χ3v) is 4.29. The van der Waals surface area contributed by atoms with Crippen molar-refractivity contribution in [2.24, 2.45) is 5.10 Å². The Balaban J connectivity index is 1.79. The molecule has 2 rings (SSSR count). The summed E-state index contributed by atoms with van der Waals surface area (Å²) < 4.78 is 9.79. The summed E-state index contributed by atoms with van der Waals surface area (Å²) in [5.74, 6) is 0.0547. The van der Waals surface area contributed by atoms with Crippen molar-refractivity contribution in [3.63, 3.8) is 0 Å². The summed E-state index contributed by atoms with van der Waals surface area (Å²) in [4.78, 5) is 23.8. The highest BCUT2D eigenvalue weighted by atomic mass is 35.5. The van der Waals surface area contributed by atoms with E-state index < -0.39 is 5.97 Å². The van der Waals surface area contributed by atoms with Crippen LogP contribution in [0.5, 0.6) is 5.75 Å². The quantitative estimate of drug-likeness (QED) is 0.323. The molecule has 26 heavy (non-hydrogen) atoms. The summed E-state index contributed by atoms with van der Waals surface area (Å²) >= 11 is 7.20. The summed E-state index contributed by atoms with van der Waals surface area (Å²) in [6, 6.07) is 14.2. The molecule has 0 saturated carbocycles. The zero-order chi connectivity index (χ0) is 18.8. The van der Waals surface area contributed by atoms with Crippen molar-refractivity contribution in [3.05, 3.63) is 59.1 Å². The van der Waals surface area contributed by atoms with Gasteiger partial charge in [-0.15, -0.1) is 11.8 Å². The van der Waals surface area contributed by atoms with Gasteiger partial charge < -0.3 is 9.47 Å². The molecule has 0 radical (unpaired) electrons. The van der Waals surface area contributed by atoms with Gasteiger partial charge in [-0.3, -0.25) is 4.79 Å². The molecular formula is C18H17ClN2O4S. The van der Waals surface area contributed by atoms with Gasteiger partial charge in [-0.1, -0.05) is 23.7 Å². The molecule has 0 aliphatic carbocycles. The minimum Gasteiger partial charge on any atom is -0.482 e. The van der Waals surface area contributed by atoms with Crippen molar-refractivity contribution in [1.82, 2.24) is 5.43 Å². The van der Waals surface area contributed by atoms with Crippen LogP contribution in [0.2, 0.25) is 5.02 Å². The molecule has 1 N–H and O–H groups in total. The first-order valence-corrected chi connectivity index (χ1v) is 8.93. The number of hydrazone groups is 1. The fourth-order valence-electron chi connectivity index (χ4n) is 1.78. The molecule has 136 valence electrons. The number of carbonyl (C=O) groups excluding carboxylic acids is 2. The van der Waals surface area contributed by atoms with Crippen molar-refractivity contribution in [2.75, 3.05) is 19.5 Å². The number of methoxy groups -OCH3 is 1. The van der Waals surface area contributed by atoms with Crippen molar-refractivity contribution >= 4 is 41.5 Å². The maximum Gasteiger partial charge on any atom is 0.343 e. The maximum atomic E-state index is 11.8. The summed E-state index contributed by atoms with van der Waals surface area (Å²) in [5, 5.41) is 4.57. The molecule has 0 bridgehead atoms. The molecule has 0 spiro atoms. The second-order valence-corrected chi connectivity index (χ2v) is 6.46. The Hall–Kier alpha value is -2.51. The third-order valence-electron chi connectivity index (χ3n) is 3.03. The van der Waals surface area contributed by atoms with Crippen LogP contribution in [0.3, 0.4) is 0 Å². The molecule has 0 heterocycles. The highest BCUT2D eigenvalue weighted by Gasteiger charge is 2.03. The number of esters is 1. The second kappa shape index (κ2) is 10.5. The first-order chi connectivity index (χ1) is 12.6. The minimum absolute atomic E-state index is 0.171. The van der Waals surface area contributed by atoms with Crippen LogP contribution in [0, 0.1) is 0 Å². The molecule has 0 unspecified atom stereocenters. The normalized spacial score (nSPS) is 10.5. The number of benzene rings is 2. The number of rotatable bonds is 8. The average molecular weight is 393 g/mol. The first kappa shape index (κ1) is 19.8. The topological polar surface area (TPSA) is 77.0 Å². The highest BCUT2D eigenvalue weighted by molar-refractivity contribution is 8.00. The number of nitrogens with zero attached hydrogens (tertiary/aromatic N) is 1. The van der Waals surface area contributed by atoms with E-state index in [1.807, 2.05) is 12.1 Å². The lowest BCUT2D eigenvalue weighted by atomic mass is 10.2. The van der Waals surface area contributed by atoms with E-state index in [9.17, 15) is 9.59 Å². The van der Waals surface area contributed by atoms with E-state index in [2.05, 4.69) is 15.3 Å². The molecule has 0 aromatic heterocycles. The van der Waals surface area contributed by atoms with Gasteiger partial charge in [-0.05, 0) is 42.0 Å². The number of hydrogen-bond donors (Lipinski definition) is 1. The summed E-state index contributed by atoms with van der Waals surface area (Å²) in [6.45, 7) is -0.171. The van der Waals surface area contributed by atoms with E-state index in [1.54, 1.807) is 36.4 Å². The molecule has 1 amide bonds. The van der Waals surface area contributed by atoms with E-state index in [0.29, 0.717) is 10.8 Å². The van der Waals surface area contributed by atoms with E-state index in [1.165, 1.54) is 25.1 Å². The Morgan fingerprint density at radius 1 is 1.23 bits per heavy atom. The van der Waals surface area contributed by atoms with Gasteiger partial charge in [0.15, 0.2) is 6.61 Å². The molecule has 8 heteroatoms. The van der Waals surface area contributed by atoms with Crippen molar-refractivity contribution in [3.8, 4) is 5.75 Å². The Bertz CT molecular complexity index is 781. The summed E-state index contributed by atoms with van der Waals surface area (Å²) in [6.07, 6.45) is 1.50. The van der Waals surface area contributed by atoms with Gasteiger partial charge in [0.25, 0.3) is 0 Å². The van der Waals surface area contributed by atoms with E-state index >= 15 is 0 Å². The summed E-state index contributed by atoms with van der Waals surface area (Å²) in [5.41, 5.74) is 3.18. The van der Waals surface area contributed by atoms with Crippen LogP contribution in [-0.2, 0) is 14.3 Å². The Morgan fingerprint density at radius 3 is 2.73 bits per heavy atom. The Kier molecular flexibility index (Phi) is 7.98.